The SMILES string of the molecule is CC.CF.COC(=O)[C@@]12CCCN1CC(F)C2.c1ccsc1. The molecule has 0 saturated carbocycles. The van der Waals surface area contributed by atoms with Gasteiger partial charge in [0.15, 0.2) is 0 Å². The van der Waals surface area contributed by atoms with Crippen molar-refractivity contribution in [2.75, 3.05) is 27.4 Å². The van der Waals surface area contributed by atoms with Crippen molar-refractivity contribution < 1.29 is 18.3 Å². The van der Waals surface area contributed by atoms with Crippen LogP contribution in [0.5, 0.6) is 0 Å². The molecule has 2 fully saturated rings. The van der Waals surface area contributed by atoms with Crippen molar-refractivity contribution in [2.45, 2.75) is 44.8 Å². The lowest BCUT2D eigenvalue weighted by molar-refractivity contribution is -0.151. The third kappa shape index (κ3) is 5.32. The summed E-state index contributed by atoms with van der Waals surface area (Å²) < 4.78 is 27.4. The van der Waals surface area contributed by atoms with Crippen molar-refractivity contribution in [1.29, 1.82) is 0 Å². The summed E-state index contributed by atoms with van der Waals surface area (Å²) in [4.78, 5) is 13.5. The van der Waals surface area contributed by atoms with Crippen molar-refractivity contribution in [3.8, 4) is 0 Å². The molecular formula is C16H27F2NO2S. The first-order chi connectivity index (χ1) is 10.7. The molecule has 3 rings (SSSR count). The first-order valence-corrected chi connectivity index (χ1v) is 8.46. The van der Waals surface area contributed by atoms with Crippen LogP contribution in [0.3, 0.4) is 0 Å². The van der Waals surface area contributed by atoms with E-state index >= 15 is 0 Å². The topological polar surface area (TPSA) is 29.5 Å². The van der Waals surface area contributed by atoms with E-state index in [0.29, 0.717) is 20.1 Å². The molecule has 3 nitrogen and oxygen atoms in total. The molecule has 0 aromatic carbocycles. The summed E-state index contributed by atoms with van der Waals surface area (Å²) in [6.45, 7) is 5.23. The Labute approximate surface area is 136 Å². The number of nitrogens with zero attached hydrogens (tertiary/aromatic N) is 1. The maximum Gasteiger partial charge on any atom is 0.326 e. The number of alkyl halides is 2. The number of carbonyl (C=O) groups excluding carboxylic acids is 1. The molecule has 2 aliphatic rings. The number of methoxy groups -OCH3 is 1. The van der Waals surface area contributed by atoms with Gasteiger partial charge in [0.25, 0.3) is 0 Å². The van der Waals surface area contributed by atoms with E-state index < -0.39 is 11.7 Å². The van der Waals surface area contributed by atoms with Crippen LogP contribution >= 0.6 is 11.3 Å². The molecule has 0 amide bonds. The van der Waals surface area contributed by atoms with Gasteiger partial charge in [-0.05, 0) is 30.1 Å². The quantitative estimate of drug-likeness (QED) is 0.724. The van der Waals surface area contributed by atoms with Gasteiger partial charge in [0, 0.05) is 13.0 Å². The molecule has 128 valence electrons. The van der Waals surface area contributed by atoms with Crippen LogP contribution in [0.1, 0.15) is 33.1 Å². The van der Waals surface area contributed by atoms with Crippen molar-refractivity contribution in [1.82, 2.24) is 4.90 Å². The number of esters is 1. The highest BCUT2D eigenvalue weighted by molar-refractivity contribution is 7.07. The second-order valence-corrected chi connectivity index (χ2v) is 5.48. The molecule has 2 aliphatic heterocycles. The minimum atomic E-state index is -0.862. The Morgan fingerprint density at radius 1 is 1.32 bits per heavy atom. The molecule has 0 N–H and O–H groups in total. The van der Waals surface area contributed by atoms with Gasteiger partial charge in [-0.2, -0.15) is 11.3 Å². The fourth-order valence-electron chi connectivity index (χ4n) is 2.83. The van der Waals surface area contributed by atoms with Gasteiger partial charge in [-0.3, -0.25) is 14.1 Å². The Morgan fingerprint density at radius 3 is 2.36 bits per heavy atom. The lowest BCUT2D eigenvalue weighted by atomic mass is 9.94. The normalized spacial score (nSPS) is 25.5. The zero-order chi connectivity index (χ0) is 17.0. The van der Waals surface area contributed by atoms with E-state index in [4.69, 9.17) is 4.74 Å². The minimum Gasteiger partial charge on any atom is -0.468 e. The van der Waals surface area contributed by atoms with Gasteiger partial charge in [-0.25, -0.2) is 4.39 Å². The summed E-state index contributed by atoms with van der Waals surface area (Å²) in [5, 5.41) is 4.08. The Morgan fingerprint density at radius 2 is 1.91 bits per heavy atom. The molecule has 3 heterocycles. The largest absolute Gasteiger partial charge is 0.468 e. The van der Waals surface area contributed by atoms with Gasteiger partial charge in [0.05, 0.1) is 14.3 Å². The van der Waals surface area contributed by atoms with E-state index in [0.717, 1.165) is 19.4 Å². The van der Waals surface area contributed by atoms with Gasteiger partial charge >= 0.3 is 5.97 Å². The molecule has 6 heteroatoms. The second kappa shape index (κ2) is 11.5. The van der Waals surface area contributed by atoms with Crippen LogP contribution in [0, 0.1) is 0 Å². The number of thiophene rings is 1. The van der Waals surface area contributed by atoms with Gasteiger partial charge in [0.2, 0.25) is 0 Å². The molecule has 0 radical (unpaired) electrons. The summed E-state index contributed by atoms with van der Waals surface area (Å²) in [7, 11) is 1.87. The Hall–Kier alpha value is -1.01. The fourth-order valence-corrected chi connectivity index (χ4v) is 3.29. The van der Waals surface area contributed by atoms with Crippen LogP contribution in [0.4, 0.5) is 8.78 Å². The third-order valence-electron chi connectivity index (χ3n) is 3.59. The van der Waals surface area contributed by atoms with Crippen molar-refractivity contribution in [3.63, 3.8) is 0 Å². The van der Waals surface area contributed by atoms with Crippen molar-refractivity contribution in [3.05, 3.63) is 22.9 Å². The predicted octanol–water partition coefficient (Wildman–Crippen LogP) is 4.10. The molecule has 2 saturated heterocycles. The predicted molar refractivity (Wildman–Crippen MR) is 87.8 cm³/mol. The number of hydrogen-bond acceptors (Lipinski definition) is 4. The molecule has 2 atom stereocenters. The van der Waals surface area contributed by atoms with Crippen LogP contribution < -0.4 is 0 Å². The fraction of sp³-hybridized carbons (Fsp3) is 0.688. The summed E-state index contributed by atoms with van der Waals surface area (Å²) in [6, 6.07) is 4.04. The summed E-state index contributed by atoms with van der Waals surface area (Å²) >= 11 is 1.71. The average Bonchev–Trinajstić information content (AvgIpc) is 3.28. The first kappa shape index (κ1) is 21.0. The Balaban J connectivity index is 0.000000409. The van der Waals surface area contributed by atoms with E-state index in [1.165, 1.54) is 7.11 Å². The number of ether oxygens (including phenoxy) is 1. The summed E-state index contributed by atoms with van der Waals surface area (Å²) in [5.74, 6) is -0.259. The van der Waals surface area contributed by atoms with Gasteiger partial charge < -0.3 is 4.74 Å². The second-order valence-electron chi connectivity index (χ2n) is 4.67. The smallest absolute Gasteiger partial charge is 0.326 e. The lowest BCUT2D eigenvalue weighted by Gasteiger charge is -2.27. The van der Waals surface area contributed by atoms with Crippen LogP contribution in [-0.4, -0.2) is 50.0 Å². The average molecular weight is 335 g/mol. The lowest BCUT2D eigenvalue weighted by Crippen LogP contribution is -2.46. The molecule has 1 aromatic rings. The number of hydrogen-bond donors (Lipinski definition) is 0. The maximum atomic E-state index is 13.1. The molecule has 0 spiro atoms. The monoisotopic (exact) mass is 335 g/mol. The van der Waals surface area contributed by atoms with Gasteiger partial charge in [-0.1, -0.05) is 26.0 Å². The highest BCUT2D eigenvalue weighted by atomic mass is 32.1. The van der Waals surface area contributed by atoms with Crippen LogP contribution in [-0.2, 0) is 9.53 Å². The molecule has 0 aliphatic carbocycles. The zero-order valence-corrected chi connectivity index (χ0v) is 14.7. The van der Waals surface area contributed by atoms with Gasteiger partial charge in [-0.15, -0.1) is 0 Å². The van der Waals surface area contributed by atoms with Crippen LogP contribution in [0.2, 0.25) is 0 Å². The Kier molecular flexibility index (Phi) is 11.0. The van der Waals surface area contributed by atoms with Crippen molar-refractivity contribution in [2.24, 2.45) is 0 Å². The minimum absolute atomic E-state index is 0.259. The zero-order valence-electron chi connectivity index (χ0n) is 13.9. The number of carbonyl (C=O) groups is 1. The molecule has 22 heavy (non-hydrogen) atoms. The standard InChI is InChI=1S/C9H14FNO2.C4H4S.C2H6.CH3F/c1-13-8(12)9-3-2-4-11(9)6-7(10)5-9;1-2-4-5-3-1;2*1-2/h7H,2-6H2,1H3;1-4H;1-2H3;1H3/t7?,9-;;;/m0.../s1. The molecule has 0 bridgehead atoms. The number of fused-ring (bicyclic) bond motifs is 1. The van der Waals surface area contributed by atoms with Gasteiger partial charge in [0.1, 0.15) is 11.7 Å². The van der Waals surface area contributed by atoms with Crippen LogP contribution in [0.25, 0.3) is 0 Å². The van der Waals surface area contributed by atoms with E-state index in [1.807, 2.05) is 41.6 Å². The third-order valence-corrected chi connectivity index (χ3v) is 4.22. The van der Waals surface area contributed by atoms with E-state index in [9.17, 15) is 13.6 Å². The Bertz CT molecular complexity index is 372. The maximum absolute atomic E-state index is 13.1. The first-order valence-electron chi connectivity index (χ1n) is 7.51. The molecular weight excluding hydrogens is 308 g/mol. The number of rotatable bonds is 1. The molecule has 1 aromatic heterocycles. The van der Waals surface area contributed by atoms with E-state index in [2.05, 4.69) is 0 Å². The summed E-state index contributed by atoms with van der Waals surface area (Å²) in [6.07, 6.45) is 1.18. The number of halogens is 2. The van der Waals surface area contributed by atoms with Crippen LogP contribution in [0.15, 0.2) is 22.9 Å². The highest BCUT2D eigenvalue weighted by Gasteiger charge is 2.54. The van der Waals surface area contributed by atoms with E-state index in [1.54, 1.807) is 11.3 Å². The van der Waals surface area contributed by atoms with Crippen molar-refractivity contribution >= 4 is 17.3 Å². The highest BCUT2D eigenvalue weighted by Crippen LogP contribution is 2.40. The summed E-state index contributed by atoms with van der Waals surface area (Å²) in [5.41, 5.74) is -0.617. The molecule has 1 unspecified atom stereocenters. The van der Waals surface area contributed by atoms with E-state index in [-0.39, 0.29) is 5.97 Å².